The van der Waals surface area contributed by atoms with Gasteiger partial charge in [-0.3, -0.25) is 10.1 Å². The predicted octanol–water partition coefficient (Wildman–Crippen LogP) is 3.52. The summed E-state index contributed by atoms with van der Waals surface area (Å²) >= 11 is 6.15. The lowest BCUT2D eigenvalue weighted by atomic mass is 10.2. The molecule has 0 aliphatic carbocycles. The first kappa shape index (κ1) is 15.4. The second kappa shape index (κ2) is 6.34. The number of nitrogens with zero attached hydrogens (tertiary/aromatic N) is 2. The number of para-hydroxylation sites is 2. The zero-order valence-electron chi connectivity index (χ0n) is 12.4. The minimum Gasteiger partial charge on any atom is -0.486 e. The van der Waals surface area contributed by atoms with E-state index in [4.69, 9.17) is 21.1 Å². The Balaban J connectivity index is 1.70. The molecule has 2 aromatic carbocycles. The van der Waals surface area contributed by atoms with Crippen LogP contribution < -0.4 is 14.4 Å². The Morgan fingerprint density at radius 3 is 2.74 bits per heavy atom. The number of benzene rings is 2. The van der Waals surface area contributed by atoms with Crippen LogP contribution in [-0.2, 0) is 0 Å². The quantitative estimate of drug-likeness (QED) is 0.632. The van der Waals surface area contributed by atoms with E-state index in [1.807, 2.05) is 36.2 Å². The van der Waals surface area contributed by atoms with E-state index in [1.165, 1.54) is 12.1 Å². The Hall–Kier alpha value is -2.47. The van der Waals surface area contributed by atoms with Gasteiger partial charge in [0.1, 0.15) is 6.61 Å². The molecular weight excluding hydrogens is 320 g/mol. The Bertz CT molecular complexity index is 738. The highest BCUT2D eigenvalue weighted by molar-refractivity contribution is 6.33. The van der Waals surface area contributed by atoms with Crippen molar-refractivity contribution in [2.45, 2.75) is 6.10 Å². The number of hydrogen-bond acceptors (Lipinski definition) is 5. The summed E-state index contributed by atoms with van der Waals surface area (Å²) in [5, 5.41) is 11.1. The summed E-state index contributed by atoms with van der Waals surface area (Å²) in [6.07, 6.45) is -0.152. The number of non-ortho nitro benzene ring substituents is 1. The van der Waals surface area contributed by atoms with Crippen LogP contribution >= 0.6 is 11.6 Å². The molecule has 0 fully saturated rings. The van der Waals surface area contributed by atoms with Crippen LogP contribution in [0.5, 0.6) is 11.5 Å². The van der Waals surface area contributed by atoms with Crippen LogP contribution in [-0.4, -0.2) is 31.2 Å². The predicted molar refractivity (Wildman–Crippen MR) is 87.7 cm³/mol. The molecule has 0 radical (unpaired) electrons. The maximum atomic E-state index is 10.8. The third-order valence-corrected chi connectivity index (χ3v) is 3.90. The fraction of sp³-hybridized carbons (Fsp3) is 0.250. The summed E-state index contributed by atoms with van der Waals surface area (Å²) in [4.78, 5) is 12.2. The molecule has 2 aromatic rings. The molecule has 0 aromatic heterocycles. The van der Waals surface area contributed by atoms with Crippen LogP contribution in [0.15, 0.2) is 42.5 Å². The standard InChI is InChI=1S/C16H15ClN2O4/c1-18(14-7-6-11(19(20)21)8-13(14)17)9-12-10-22-15-4-2-3-5-16(15)23-12/h2-8,12H,9-10H2,1H3/t12-/m1/s1. The van der Waals surface area contributed by atoms with Gasteiger partial charge in [-0.05, 0) is 18.2 Å². The van der Waals surface area contributed by atoms with Crippen LogP contribution in [0, 0.1) is 10.1 Å². The molecule has 6 nitrogen and oxygen atoms in total. The molecule has 0 saturated heterocycles. The largest absolute Gasteiger partial charge is 0.486 e. The van der Waals surface area contributed by atoms with E-state index in [0.717, 1.165) is 5.75 Å². The van der Waals surface area contributed by atoms with Crippen molar-refractivity contribution in [3.8, 4) is 11.5 Å². The van der Waals surface area contributed by atoms with E-state index >= 15 is 0 Å². The Labute approximate surface area is 138 Å². The molecule has 0 bridgehead atoms. The third kappa shape index (κ3) is 3.32. The highest BCUT2D eigenvalue weighted by atomic mass is 35.5. The lowest BCUT2D eigenvalue weighted by molar-refractivity contribution is -0.384. The van der Waals surface area contributed by atoms with Gasteiger partial charge >= 0.3 is 0 Å². The second-order valence-corrected chi connectivity index (χ2v) is 5.68. The number of likely N-dealkylation sites (N-methyl/N-ethyl adjacent to an activating group) is 1. The summed E-state index contributed by atoms with van der Waals surface area (Å²) in [6.45, 7) is 0.984. The van der Waals surface area contributed by atoms with E-state index < -0.39 is 4.92 Å². The Morgan fingerprint density at radius 2 is 2.04 bits per heavy atom. The van der Waals surface area contributed by atoms with Crippen LogP contribution in [0.4, 0.5) is 11.4 Å². The molecule has 3 rings (SSSR count). The van der Waals surface area contributed by atoms with Crippen molar-refractivity contribution in [2.75, 3.05) is 25.1 Å². The van der Waals surface area contributed by atoms with Crippen LogP contribution in [0.25, 0.3) is 0 Å². The number of nitro benzene ring substituents is 1. The fourth-order valence-electron chi connectivity index (χ4n) is 2.48. The first-order valence-electron chi connectivity index (χ1n) is 7.08. The Morgan fingerprint density at radius 1 is 1.30 bits per heavy atom. The third-order valence-electron chi connectivity index (χ3n) is 3.60. The van der Waals surface area contributed by atoms with Gasteiger partial charge in [0.05, 0.1) is 22.2 Å². The zero-order valence-corrected chi connectivity index (χ0v) is 13.2. The zero-order chi connectivity index (χ0) is 16.4. The van der Waals surface area contributed by atoms with Crippen molar-refractivity contribution in [3.63, 3.8) is 0 Å². The normalized spacial score (nSPS) is 16.0. The van der Waals surface area contributed by atoms with Crippen LogP contribution in [0.3, 0.4) is 0 Å². The molecule has 0 spiro atoms. The van der Waals surface area contributed by atoms with Gasteiger partial charge in [-0.15, -0.1) is 0 Å². The topological polar surface area (TPSA) is 64.8 Å². The number of halogens is 1. The maximum absolute atomic E-state index is 10.8. The average Bonchev–Trinajstić information content (AvgIpc) is 2.54. The number of ether oxygens (including phenoxy) is 2. The molecule has 1 aliphatic heterocycles. The van der Waals surface area contributed by atoms with E-state index in [-0.39, 0.29) is 11.8 Å². The average molecular weight is 335 g/mol. The van der Waals surface area contributed by atoms with Crippen LogP contribution in [0.2, 0.25) is 5.02 Å². The molecule has 23 heavy (non-hydrogen) atoms. The van der Waals surface area contributed by atoms with Gasteiger partial charge in [0, 0.05) is 19.2 Å². The molecule has 1 heterocycles. The van der Waals surface area contributed by atoms with Gasteiger partial charge in [-0.25, -0.2) is 0 Å². The van der Waals surface area contributed by atoms with Gasteiger partial charge in [-0.2, -0.15) is 0 Å². The number of fused-ring (bicyclic) bond motifs is 1. The van der Waals surface area contributed by atoms with Gasteiger partial charge in [-0.1, -0.05) is 23.7 Å². The highest BCUT2D eigenvalue weighted by Gasteiger charge is 2.23. The van der Waals surface area contributed by atoms with Gasteiger partial charge in [0.15, 0.2) is 17.6 Å². The monoisotopic (exact) mass is 334 g/mol. The molecule has 1 aliphatic rings. The first-order chi connectivity index (χ1) is 11.0. The second-order valence-electron chi connectivity index (χ2n) is 5.27. The van der Waals surface area contributed by atoms with Crippen molar-refractivity contribution in [2.24, 2.45) is 0 Å². The van der Waals surface area contributed by atoms with Crippen molar-refractivity contribution >= 4 is 23.0 Å². The fourth-order valence-corrected chi connectivity index (χ4v) is 2.79. The molecule has 0 amide bonds. The lowest BCUT2D eigenvalue weighted by Crippen LogP contribution is -2.39. The smallest absolute Gasteiger partial charge is 0.271 e. The minimum atomic E-state index is -0.468. The summed E-state index contributed by atoms with van der Waals surface area (Å²) in [7, 11) is 1.86. The summed E-state index contributed by atoms with van der Waals surface area (Å²) in [6, 6.07) is 11.9. The van der Waals surface area contributed by atoms with Crippen molar-refractivity contribution in [3.05, 3.63) is 57.6 Å². The summed E-state index contributed by atoms with van der Waals surface area (Å²) in [5.41, 5.74) is 0.679. The first-order valence-corrected chi connectivity index (χ1v) is 7.46. The van der Waals surface area contributed by atoms with E-state index in [0.29, 0.717) is 29.6 Å². The summed E-state index contributed by atoms with van der Waals surface area (Å²) in [5.74, 6) is 1.45. The van der Waals surface area contributed by atoms with E-state index in [2.05, 4.69) is 0 Å². The highest BCUT2D eigenvalue weighted by Crippen LogP contribution is 2.33. The number of hydrogen-bond donors (Lipinski definition) is 0. The lowest BCUT2D eigenvalue weighted by Gasteiger charge is -2.30. The number of nitro groups is 1. The van der Waals surface area contributed by atoms with Crippen LogP contribution in [0.1, 0.15) is 0 Å². The summed E-state index contributed by atoms with van der Waals surface area (Å²) < 4.78 is 11.6. The van der Waals surface area contributed by atoms with Gasteiger partial charge in [0.2, 0.25) is 0 Å². The SMILES string of the molecule is CN(C[C@@H]1COc2ccccc2O1)c1ccc([N+](=O)[O-])cc1Cl. The van der Waals surface area contributed by atoms with Gasteiger partial charge < -0.3 is 14.4 Å². The number of anilines is 1. The maximum Gasteiger partial charge on any atom is 0.271 e. The Kier molecular flexibility index (Phi) is 4.25. The number of rotatable bonds is 4. The minimum absolute atomic E-state index is 0.0293. The molecular formula is C16H15ClN2O4. The molecule has 0 unspecified atom stereocenters. The van der Waals surface area contributed by atoms with Crippen molar-refractivity contribution in [1.29, 1.82) is 0 Å². The van der Waals surface area contributed by atoms with Crippen molar-refractivity contribution in [1.82, 2.24) is 0 Å². The molecule has 0 N–H and O–H groups in total. The molecule has 120 valence electrons. The van der Waals surface area contributed by atoms with E-state index in [9.17, 15) is 10.1 Å². The van der Waals surface area contributed by atoms with Gasteiger partial charge in [0.25, 0.3) is 5.69 Å². The van der Waals surface area contributed by atoms with E-state index in [1.54, 1.807) is 6.07 Å². The molecule has 0 saturated carbocycles. The molecule has 7 heteroatoms. The molecule has 1 atom stereocenters. The van der Waals surface area contributed by atoms with Crippen molar-refractivity contribution < 1.29 is 14.4 Å².